The van der Waals surface area contributed by atoms with Gasteiger partial charge in [-0.2, -0.15) is 0 Å². The molecule has 0 aliphatic carbocycles. The van der Waals surface area contributed by atoms with Crippen molar-refractivity contribution in [1.29, 1.82) is 0 Å². The van der Waals surface area contributed by atoms with E-state index < -0.39 is 146 Å². The minimum absolute atomic E-state index is 0.0718. The molecule has 1 amide bonds. The summed E-state index contributed by atoms with van der Waals surface area (Å²) in [6, 6.07) is 28.8. The fourth-order valence-electron chi connectivity index (χ4n) is 13.6. The van der Waals surface area contributed by atoms with E-state index in [1.54, 1.807) is 143 Å². The number of hydrogen-bond acceptors (Lipinski definition) is 22. The topological polar surface area (TPSA) is 284 Å². The van der Waals surface area contributed by atoms with Crippen molar-refractivity contribution in [3.8, 4) is 11.5 Å². The summed E-state index contributed by atoms with van der Waals surface area (Å²) in [7, 11) is 9.48. The highest BCUT2D eigenvalue weighted by molar-refractivity contribution is 5.90. The number of esters is 3. The van der Waals surface area contributed by atoms with Crippen LogP contribution in [0.2, 0.25) is 0 Å². The molecule has 6 bridgehead atoms. The Morgan fingerprint density at radius 1 is 0.590 bits per heavy atom. The van der Waals surface area contributed by atoms with Gasteiger partial charge < -0.3 is 92.2 Å². The van der Waals surface area contributed by atoms with Gasteiger partial charge in [0.2, 0.25) is 5.91 Å². The molecule has 4 saturated heterocycles. The highest BCUT2D eigenvalue weighted by Gasteiger charge is 2.54. The highest BCUT2D eigenvalue weighted by atomic mass is 16.7. The second kappa shape index (κ2) is 39.5. The molecule has 4 aromatic carbocycles. The minimum Gasteiger partial charge on any atom is -0.497 e. The van der Waals surface area contributed by atoms with Crippen molar-refractivity contribution in [3.63, 3.8) is 0 Å². The summed E-state index contributed by atoms with van der Waals surface area (Å²) in [6.45, 7) is 7.11. The Kier molecular flexibility index (Phi) is 30.4. The van der Waals surface area contributed by atoms with E-state index in [-0.39, 0.29) is 62.8 Å². The molecule has 23 heteroatoms. The predicted molar refractivity (Wildman–Crippen MR) is 391 cm³/mol. The van der Waals surface area contributed by atoms with Crippen molar-refractivity contribution in [2.45, 2.75) is 196 Å². The third kappa shape index (κ3) is 22.9. The molecule has 4 fully saturated rings. The lowest BCUT2D eigenvalue weighted by molar-refractivity contribution is -0.333. The van der Waals surface area contributed by atoms with Crippen LogP contribution in [0.15, 0.2) is 188 Å². The van der Waals surface area contributed by atoms with Crippen molar-refractivity contribution in [2.24, 2.45) is 17.8 Å². The third-order valence-corrected chi connectivity index (χ3v) is 19.8. The van der Waals surface area contributed by atoms with Crippen molar-refractivity contribution in [3.05, 3.63) is 210 Å². The van der Waals surface area contributed by atoms with E-state index in [4.69, 9.17) is 61.6 Å². The largest absolute Gasteiger partial charge is 0.497 e. The fraction of sp³-hybridized carbons (Fsp3) is 0.488. The zero-order valence-corrected chi connectivity index (χ0v) is 61.5. The van der Waals surface area contributed by atoms with Gasteiger partial charge in [0.05, 0.1) is 107 Å². The molecule has 23 nitrogen and oxygen atoms in total. The molecule has 21 atom stereocenters. The number of ether oxygens (including phenoxy) is 13. The van der Waals surface area contributed by atoms with Crippen molar-refractivity contribution < 1.29 is 101 Å². The van der Waals surface area contributed by atoms with Crippen molar-refractivity contribution in [1.82, 2.24) is 5.32 Å². The summed E-state index contributed by atoms with van der Waals surface area (Å²) in [5, 5.41) is 51.3. The Labute approximate surface area is 616 Å². The molecule has 2 unspecified atom stereocenters. The number of carbonyl (C=O) groups is 4. The number of anilines is 1. The molecule has 9 rings (SSSR count). The summed E-state index contributed by atoms with van der Waals surface area (Å²) in [5.41, 5.74) is 2.96. The van der Waals surface area contributed by atoms with Gasteiger partial charge in [0.25, 0.3) is 0 Å². The van der Waals surface area contributed by atoms with Gasteiger partial charge in [-0.25, -0.2) is 4.79 Å². The number of cyclic esters (lactones) is 1. The summed E-state index contributed by atoms with van der Waals surface area (Å²) >= 11 is 0. The number of aliphatic hydroxyl groups is 4. The van der Waals surface area contributed by atoms with Gasteiger partial charge in [0.1, 0.15) is 29.6 Å². The first-order valence-corrected chi connectivity index (χ1v) is 36.0. The van der Waals surface area contributed by atoms with Crippen LogP contribution in [0, 0.1) is 17.8 Å². The SMILES string of the molecule is COC(=O)[C@H]1[C@@H]2C[C@@H](O[C@@H]3O[C@H](C)[C@@H](O)[C@H](NC(=O)Cc4ccccc4)[C@@H]3OC(=O)c3ccc(N(C)C)cc3)/C=C/C=C/C=C/C=C/C=C/C=C/C=C/[C@H](C)[C@@H](O)[C@@H](C)[C@H](C)OC(=O)C[C@H]3C[C@@H](CC[C@@H](O)[C@H]4C[C@@H](C[C@](OC)(C[C@@H]1O)O2)OC(c1ccc(OC)cc1)O4)OC(c1ccc(OC)cc1)O3. The number of amides is 1. The Morgan fingerprint density at radius 3 is 1.76 bits per heavy atom. The molecular weight excluding hydrogens is 1350 g/mol. The molecule has 568 valence electrons. The number of allylic oxidation sites excluding steroid dienone is 12. The Bertz CT molecular complexity index is 3620. The van der Waals surface area contributed by atoms with E-state index in [2.05, 4.69) is 5.32 Å². The van der Waals surface area contributed by atoms with Crippen molar-refractivity contribution in [2.75, 3.05) is 47.4 Å². The van der Waals surface area contributed by atoms with Crippen LogP contribution in [-0.4, -0.2) is 184 Å². The van der Waals surface area contributed by atoms with Gasteiger partial charge in [0.15, 0.2) is 30.8 Å². The van der Waals surface area contributed by atoms with Gasteiger partial charge in [0, 0.05) is 82.0 Å². The highest BCUT2D eigenvalue weighted by Crippen LogP contribution is 2.44. The van der Waals surface area contributed by atoms with Gasteiger partial charge in [-0.1, -0.05) is 154 Å². The Morgan fingerprint density at radius 2 is 1.17 bits per heavy atom. The number of fused-ring (bicyclic) bond motifs is 6. The van der Waals surface area contributed by atoms with Crippen LogP contribution in [0.25, 0.3) is 0 Å². The zero-order chi connectivity index (χ0) is 75.2. The first-order chi connectivity index (χ1) is 50.6. The van der Waals surface area contributed by atoms with E-state index in [0.29, 0.717) is 34.6 Å². The first-order valence-electron chi connectivity index (χ1n) is 36.0. The standard InChI is InChI=1S/C82H104N2O21/c1-51-26-22-19-17-15-13-11-12-14-16-18-20-25-29-62(100-81-76(104-77(91)56-30-36-59(37-31-56)84(5)6)73(75(90)54(4)98-81)83-70(87)44-55-27-23-21-24-28-55)46-69-72(78(92)95-9)67(86)50-82(96-10,105-69)49-65-47-68(103-80(102-65)58-34-40-61(94-8)41-35-58)66(85)43-42-63-45-64(48-71(88)97-53(3)52(2)74(51)89)101-79(99-63)57-32-38-60(93-7)39-33-57/h11-41,51-54,62-69,72-76,79-81,85-86,89-90H,42-50H2,1-10H3,(H,83,87)/b12-11+,15-13+,16-14+,19-17+,20-18+,26-22+,29-25+/t51-,52-,53-,54+,62-,63+,64+,65-,66+,67-,68+,69-,72+,73-,74+,75+,76-,79?,80?,81-,82+/m0/s1. The molecule has 0 radical (unpaired) electrons. The quantitative estimate of drug-likeness (QED) is 0.0579. The maximum Gasteiger partial charge on any atom is 0.338 e. The minimum atomic E-state index is -1.70. The zero-order valence-electron chi connectivity index (χ0n) is 61.5. The third-order valence-electron chi connectivity index (χ3n) is 19.8. The molecule has 105 heavy (non-hydrogen) atoms. The van der Waals surface area contributed by atoms with Crippen molar-refractivity contribution >= 4 is 29.5 Å². The molecule has 0 saturated carbocycles. The molecule has 5 aliphatic rings. The normalized spacial score (nSPS) is 34.7. The number of carbonyl (C=O) groups excluding carboxylic acids is 4. The number of nitrogens with zero attached hydrogens (tertiary/aromatic N) is 1. The number of nitrogens with one attached hydrogen (secondary N) is 1. The van der Waals surface area contributed by atoms with Crippen LogP contribution < -0.4 is 19.7 Å². The number of aliphatic hydroxyl groups excluding tert-OH is 4. The average molecular weight is 1450 g/mol. The maximum atomic E-state index is 14.4. The van der Waals surface area contributed by atoms with Gasteiger partial charge >= 0.3 is 17.9 Å². The average Bonchev–Trinajstić information content (AvgIpc) is 0.776. The molecular formula is C82H104N2O21. The molecule has 0 aromatic heterocycles. The first kappa shape index (κ1) is 80.9. The molecule has 5 heterocycles. The second-order valence-electron chi connectivity index (χ2n) is 27.6. The molecule has 5 N–H and O–H groups in total. The molecule has 4 aromatic rings. The van der Waals surface area contributed by atoms with Crippen LogP contribution in [0.3, 0.4) is 0 Å². The van der Waals surface area contributed by atoms with E-state index in [1.807, 2.05) is 106 Å². The lowest BCUT2D eigenvalue weighted by atomic mass is 9.82. The maximum absolute atomic E-state index is 14.4. The monoisotopic (exact) mass is 1450 g/mol. The van der Waals surface area contributed by atoms with Gasteiger partial charge in [-0.15, -0.1) is 0 Å². The molecule has 0 spiro atoms. The van der Waals surface area contributed by atoms with Gasteiger partial charge in [-0.3, -0.25) is 14.4 Å². The number of benzene rings is 4. The van der Waals surface area contributed by atoms with E-state index in [1.165, 1.54) is 14.2 Å². The lowest BCUT2D eigenvalue weighted by Gasteiger charge is -2.48. The van der Waals surface area contributed by atoms with E-state index >= 15 is 0 Å². The smallest absolute Gasteiger partial charge is 0.338 e. The van der Waals surface area contributed by atoms with Crippen LogP contribution in [0.5, 0.6) is 11.5 Å². The predicted octanol–water partition coefficient (Wildman–Crippen LogP) is 10.3. The number of hydrogen-bond donors (Lipinski definition) is 5. The van der Waals surface area contributed by atoms with E-state index in [0.717, 1.165) is 5.69 Å². The fourth-order valence-corrected chi connectivity index (χ4v) is 13.6. The van der Waals surface area contributed by atoms with E-state index in [9.17, 15) is 39.6 Å². The lowest BCUT2D eigenvalue weighted by Crippen LogP contribution is -2.65. The van der Waals surface area contributed by atoms with Crippen LogP contribution in [0.4, 0.5) is 5.69 Å². The summed E-state index contributed by atoms with van der Waals surface area (Å²) < 4.78 is 82.2. The Balaban J connectivity index is 1.06. The molecule has 5 aliphatic heterocycles. The van der Waals surface area contributed by atoms with Crippen LogP contribution >= 0.6 is 0 Å². The van der Waals surface area contributed by atoms with Crippen LogP contribution in [0.1, 0.15) is 119 Å². The van der Waals surface area contributed by atoms with Crippen LogP contribution in [-0.2, 0) is 72.9 Å². The number of methoxy groups -OCH3 is 4. The summed E-state index contributed by atoms with van der Waals surface area (Å²) in [6.07, 6.45) is 8.74. The Hall–Kier alpha value is -8.14. The summed E-state index contributed by atoms with van der Waals surface area (Å²) in [5.74, 6) is -5.12. The second-order valence-corrected chi connectivity index (χ2v) is 27.6. The number of rotatable bonds is 14. The summed E-state index contributed by atoms with van der Waals surface area (Å²) in [4.78, 5) is 58.4. The van der Waals surface area contributed by atoms with Gasteiger partial charge in [-0.05, 0) is 80.8 Å².